The summed E-state index contributed by atoms with van der Waals surface area (Å²) in [7, 11) is 0. The van der Waals surface area contributed by atoms with Crippen LogP contribution in [0, 0.1) is 5.41 Å². The highest BCUT2D eigenvalue weighted by molar-refractivity contribution is 6.17. The summed E-state index contributed by atoms with van der Waals surface area (Å²) in [6.07, 6.45) is -2.50. The van der Waals surface area contributed by atoms with Gasteiger partial charge in [-0.05, 0) is 19.1 Å². The maximum Gasteiger partial charge on any atom is 0.433 e. The SMILES string of the molecule is CC.CCOC(=O)/C(=C/Nc1ccc(C(F)(F)F)nc1)C(=N)N. The van der Waals surface area contributed by atoms with Crippen molar-refractivity contribution in [1.29, 1.82) is 5.41 Å². The highest BCUT2D eigenvalue weighted by Gasteiger charge is 2.31. The molecular weight excluding hydrogens is 313 g/mol. The topological polar surface area (TPSA) is 101 Å². The van der Waals surface area contributed by atoms with Crippen LogP contribution in [0.2, 0.25) is 0 Å². The van der Waals surface area contributed by atoms with Crippen molar-refractivity contribution in [3.8, 4) is 0 Å². The summed E-state index contributed by atoms with van der Waals surface area (Å²) in [5.74, 6) is -1.34. The van der Waals surface area contributed by atoms with Crippen LogP contribution in [0.25, 0.3) is 0 Å². The molecule has 1 aromatic heterocycles. The van der Waals surface area contributed by atoms with Gasteiger partial charge >= 0.3 is 12.1 Å². The molecule has 9 heteroatoms. The van der Waals surface area contributed by atoms with Crippen molar-refractivity contribution in [2.45, 2.75) is 26.9 Å². The predicted octanol–water partition coefficient (Wildman–Crippen LogP) is 2.92. The fourth-order valence-electron chi connectivity index (χ4n) is 1.26. The summed E-state index contributed by atoms with van der Waals surface area (Å²) in [6.45, 7) is 5.69. The number of hydrogen-bond acceptors (Lipinski definition) is 5. The summed E-state index contributed by atoms with van der Waals surface area (Å²) in [5, 5.41) is 9.78. The standard InChI is InChI=1S/C12H13F3N4O2.C2H6/c1-2-21-11(20)8(10(16)17)6-18-7-3-4-9(19-5-7)12(13,14)15;1-2/h3-6,18H,2H2,1H3,(H3,16,17);1-2H3/b8-6+;. The van der Waals surface area contributed by atoms with Gasteiger partial charge < -0.3 is 15.8 Å². The number of alkyl halides is 3. The molecule has 0 spiro atoms. The second-order valence-electron chi connectivity index (χ2n) is 3.77. The van der Waals surface area contributed by atoms with Crippen molar-refractivity contribution in [2.75, 3.05) is 11.9 Å². The Bertz CT molecular complexity index is 554. The van der Waals surface area contributed by atoms with Crippen LogP contribution in [0.1, 0.15) is 26.5 Å². The largest absolute Gasteiger partial charge is 0.462 e. The fourth-order valence-corrected chi connectivity index (χ4v) is 1.26. The summed E-state index contributed by atoms with van der Waals surface area (Å²) in [6, 6.07) is 1.92. The number of esters is 1. The molecule has 0 radical (unpaired) electrons. The zero-order chi connectivity index (χ0) is 18.0. The Morgan fingerprint density at radius 2 is 2.04 bits per heavy atom. The molecule has 0 aliphatic carbocycles. The molecule has 0 unspecified atom stereocenters. The molecule has 0 amide bonds. The average Bonchev–Trinajstić information content (AvgIpc) is 2.49. The van der Waals surface area contributed by atoms with E-state index in [9.17, 15) is 18.0 Å². The van der Waals surface area contributed by atoms with Crippen molar-refractivity contribution in [3.05, 3.63) is 35.8 Å². The zero-order valence-corrected chi connectivity index (χ0v) is 13.0. The normalized spacial score (nSPS) is 11.1. The Labute approximate surface area is 132 Å². The highest BCUT2D eigenvalue weighted by Crippen LogP contribution is 2.27. The molecule has 0 atom stereocenters. The van der Waals surface area contributed by atoms with Gasteiger partial charge in [0, 0.05) is 6.20 Å². The number of nitrogens with zero attached hydrogens (tertiary/aromatic N) is 1. The van der Waals surface area contributed by atoms with Gasteiger partial charge in [0.05, 0.1) is 18.5 Å². The third-order valence-corrected chi connectivity index (χ3v) is 2.22. The molecule has 0 saturated carbocycles. The fraction of sp³-hybridized carbons (Fsp3) is 0.357. The van der Waals surface area contributed by atoms with E-state index in [0.717, 1.165) is 24.5 Å². The van der Waals surface area contributed by atoms with E-state index in [1.54, 1.807) is 6.92 Å². The lowest BCUT2D eigenvalue weighted by atomic mass is 10.2. The van der Waals surface area contributed by atoms with Gasteiger partial charge in [0.1, 0.15) is 17.1 Å². The van der Waals surface area contributed by atoms with Crippen LogP contribution in [-0.2, 0) is 15.7 Å². The number of amidine groups is 1. The van der Waals surface area contributed by atoms with E-state index in [4.69, 9.17) is 11.1 Å². The van der Waals surface area contributed by atoms with Gasteiger partial charge in [0.25, 0.3) is 0 Å². The third kappa shape index (κ3) is 6.81. The van der Waals surface area contributed by atoms with E-state index in [2.05, 4.69) is 15.0 Å². The van der Waals surface area contributed by atoms with Gasteiger partial charge in [-0.1, -0.05) is 13.8 Å². The molecule has 6 nitrogen and oxygen atoms in total. The van der Waals surface area contributed by atoms with Crippen LogP contribution in [0.15, 0.2) is 30.1 Å². The van der Waals surface area contributed by atoms with Gasteiger partial charge in [-0.25, -0.2) is 9.78 Å². The first-order chi connectivity index (χ1) is 10.8. The smallest absolute Gasteiger partial charge is 0.433 e. The van der Waals surface area contributed by atoms with Gasteiger partial charge in [-0.3, -0.25) is 5.41 Å². The Hall–Kier alpha value is -2.58. The highest BCUT2D eigenvalue weighted by atomic mass is 19.4. The lowest BCUT2D eigenvalue weighted by molar-refractivity contribution is -0.141. The van der Waals surface area contributed by atoms with Crippen molar-refractivity contribution < 1.29 is 22.7 Å². The molecule has 1 rings (SSSR count). The first-order valence-corrected chi connectivity index (χ1v) is 6.77. The second kappa shape index (κ2) is 9.44. The van der Waals surface area contributed by atoms with E-state index in [1.165, 1.54) is 0 Å². The molecule has 0 aromatic carbocycles. The summed E-state index contributed by atoms with van der Waals surface area (Å²) < 4.78 is 41.7. The monoisotopic (exact) mass is 332 g/mol. The van der Waals surface area contributed by atoms with Gasteiger partial charge in [0.15, 0.2) is 0 Å². The van der Waals surface area contributed by atoms with E-state index in [0.29, 0.717) is 0 Å². The third-order valence-electron chi connectivity index (χ3n) is 2.22. The molecular formula is C14H19F3N4O2. The van der Waals surface area contributed by atoms with Gasteiger partial charge in [-0.15, -0.1) is 0 Å². The van der Waals surface area contributed by atoms with Crippen molar-refractivity contribution in [3.63, 3.8) is 0 Å². The second-order valence-corrected chi connectivity index (χ2v) is 3.77. The number of nitrogens with one attached hydrogen (secondary N) is 2. The molecule has 23 heavy (non-hydrogen) atoms. The number of anilines is 1. The van der Waals surface area contributed by atoms with E-state index in [1.807, 2.05) is 13.8 Å². The molecule has 1 heterocycles. The summed E-state index contributed by atoms with van der Waals surface area (Å²) in [4.78, 5) is 14.7. The lowest BCUT2D eigenvalue weighted by Crippen LogP contribution is -2.22. The summed E-state index contributed by atoms with van der Waals surface area (Å²) in [5.41, 5.74) is 4.15. The molecule has 0 aliphatic heterocycles. The molecule has 0 aliphatic rings. The molecule has 0 bridgehead atoms. The number of rotatable bonds is 5. The minimum Gasteiger partial charge on any atom is -0.462 e. The van der Waals surface area contributed by atoms with E-state index >= 15 is 0 Å². The molecule has 128 valence electrons. The number of carbonyl (C=O) groups is 1. The Balaban J connectivity index is 0.00000232. The average molecular weight is 332 g/mol. The quantitative estimate of drug-likeness (QED) is 0.333. The minimum absolute atomic E-state index is 0.102. The van der Waals surface area contributed by atoms with E-state index in [-0.39, 0.29) is 17.9 Å². The zero-order valence-electron chi connectivity index (χ0n) is 13.0. The molecule has 1 aromatic rings. The predicted molar refractivity (Wildman–Crippen MR) is 80.8 cm³/mol. The van der Waals surface area contributed by atoms with Crippen molar-refractivity contribution in [2.24, 2.45) is 5.73 Å². The van der Waals surface area contributed by atoms with E-state index < -0.39 is 23.7 Å². The van der Waals surface area contributed by atoms with Gasteiger partial charge in [-0.2, -0.15) is 13.2 Å². The van der Waals surface area contributed by atoms with Gasteiger partial charge in [0.2, 0.25) is 0 Å². The lowest BCUT2D eigenvalue weighted by Gasteiger charge is -2.08. The number of pyridine rings is 1. The van der Waals surface area contributed by atoms with Crippen molar-refractivity contribution in [1.82, 2.24) is 4.98 Å². The Morgan fingerprint density at radius 3 is 2.43 bits per heavy atom. The number of carbonyl (C=O) groups excluding carboxylic acids is 1. The maximum absolute atomic E-state index is 12.3. The first kappa shape index (κ1) is 20.4. The molecule has 0 saturated heterocycles. The van der Waals surface area contributed by atoms with Crippen molar-refractivity contribution >= 4 is 17.5 Å². The van der Waals surface area contributed by atoms with Crippen LogP contribution >= 0.6 is 0 Å². The van der Waals surface area contributed by atoms with Crippen LogP contribution < -0.4 is 11.1 Å². The van der Waals surface area contributed by atoms with Crippen LogP contribution in [0.3, 0.4) is 0 Å². The molecule has 0 fully saturated rings. The Morgan fingerprint density at radius 1 is 1.43 bits per heavy atom. The molecule has 4 N–H and O–H groups in total. The number of nitrogens with two attached hydrogens (primary N) is 1. The number of halogens is 3. The maximum atomic E-state index is 12.3. The number of ether oxygens (including phenoxy) is 1. The summed E-state index contributed by atoms with van der Waals surface area (Å²) >= 11 is 0. The van der Waals surface area contributed by atoms with Crippen LogP contribution in [0.5, 0.6) is 0 Å². The van der Waals surface area contributed by atoms with Crippen LogP contribution in [-0.4, -0.2) is 23.4 Å². The Kier molecular flexibility index (Phi) is 8.38. The number of aromatic nitrogens is 1. The first-order valence-electron chi connectivity index (χ1n) is 6.77. The minimum atomic E-state index is -4.52. The van der Waals surface area contributed by atoms with Crippen LogP contribution in [0.4, 0.5) is 18.9 Å². The number of hydrogen-bond donors (Lipinski definition) is 3.